The normalized spacial score (nSPS) is 11.0. The van der Waals surface area contributed by atoms with Gasteiger partial charge in [0.05, 0.1) is 5.56 Å². The smallest absolute Gasteiger partial charge is 0.344 e. The van der Waals surface area contributed by atoms with E-state index in [2.05, 4.69) is 12.6 Å². The highest BCUT2D eigenvalue weighted by Crippen LogP contribution is 2.37. The number of phenolic OH excluding ortho intramolecular Hbond substituents is 1. The fourth-order valence-corrected chi connectivity index (χ4v) is 4.05. The van der Waals surface area contributed by atoms with Gasteiger partial charge in [-0.1, -0.05) is 29.8 Å². The molecule has 0 saturated heterocycles. The third-order valence-electron chi connectivity index (χ3n) is 4.51. The van der Waals surface area contributed by atoms with Gasteiger partial charge in [-0.15, -0.1) is 12.6 Å². The summed E-state index contributed by atoms with van der Waals surface area (Å²) in [6, 6.07) is 18.9. The molecule has 144 valence electrons. The summed E-state index contributed by atoms with van der Waals surface area (Å²) in [5, 5.41) is 9.19. The number of phenols is 1. The van der Waals surface area contributed by atoms with E-state index < -0.39 is 5.63 Å². The van der Waals surface area contributed by atoms with Crippen molar-refractivity contribution >= 4 is 29.5 Å². The standard InChI is InChI=1S/C23H16O4S2/c1-13-2-4-14(5-3-13)21-17-10-11-19(28)20(12-18(17)27-22(21)25)29-23(26)15-6-8-16(24)9-7-15/h2-12,24,28H,1H3. The molecular weight excluding hydrogens is 404 g/mol. The number of fused-ring (bicyclic) bond motifs is 1. The van der Waals surface area contributed by atoms with Crippen LogP contribution in [-0.2, 0) is 0 Å². The van der Waals surface area contributed by atoms with E-state index in [-0.39, 0.29) is 10.9 Å². The Kier molecular flexibility index (Phi) is 5.22. The maximum atomic E-state index is 12.6. The summed E-state index contributed by atoms with van der Waals surface area (Å²) in [7, 11) is 0. The molecule has 4 rings (SSSR count). The number of benzene rings is 2. The number of furan rings is 1. The fourth-order valence-electron chi connectivity index (χ4n) is 2.98. The Morgan fingerprint density at radius 2 is 1.69 bits per heavy atom. The average molecular weight is 421 g/mol. The molecule has 2 aromatic carbocycles. The van der Waals surface area contributed by atoms with Gasteiger partial charge in [0.1, 0.15) is 11.5 Å². The molecule has 0 unspecified atom stereocenters. The largest absolute Gasteiger partial charge is 0.508 e. The van der Waals surface area contributed by atoms with Crippen LogP contribution < -0.4 is 5.63 Å². The predicted molar refractivity (Wildman–Crippen MR) is 117 cm³/mol. The monoisotopic (exact) mass is 420 g/mol. The van der Waals surface area contributed by atoms with Crippen molar-refractivity contribution in [1.29, 1.82) is 0 Å². The number of thioether (sulfide) groups is 1. The van der Waals surface area contributed by atoms with Crippen molar-refractivity contribution in [2.45, 2.75) is 16.7 Å². The molecule has 0 aromatic heterocycles. The van der Waals surface area contributed by atoms with Crippen LogP contribution in [-0.4, -0.2) is 10.2 Å². The zero-order chi connectivity index (χ0) is 20.5. The van der Waals surface area contributed by atoms with E-state index in [1.165, 1.54) is 12.1 Å². The van der Waals surface area contributed by atoms with Gasteiger partial charge in [0.2, 0.25) is 5.12 Å². The Morgan fingerprint density at radius 1 is 1.00 bits per heavy atom. The lowest BCUT2D eigenvalue weighted by Crippen LogP contribution is -1.95. The van der Waals surface area contributed by atoms with Gasteiger partial charge in [0.15, 0.2) is 0 Å². The van der Waals surface area contributed by atoms with E-state index in [0.717, 1.165) is 22.9 Å². The SMILES string of the molecule is Cc1ccc(-c2c3ccc(S)c(SC(=O)c4ccc(O)cc4)cc-3oc2=O)cc1. The van der Waals surface area contributed by atoms with Crippen molar-refractivity contribution in [2.24, 2.45) is 0 Å². The molecule has 1 aliphatic carbocycles. The Bertz CT molecular complexity index is 1230. The first-order valence-electron chi connectivity index (χ1n) is 8.80. The van der Waals surface area contributed by atoms with Gasteiger partial charge < -0.3 is 9.52 Å². The van der Waals surface area contributed by atoms with Crippen molar-refractivity contribution in [3.63, 3.8) is 0 Å². The molecule has 0 bridgehead atoms. The number of rotatable bonds is 3. The number of carbonyl (C=O) groups is 1. The van der Waals surface area contributed by atoms with E-state index in [1.54, 1.807) is 30.3 Å². The molecule has 0 spiro atoms. The maximum Gasteiger partial charge on any atom is 0.344 e. The number of aryl methyl sites for hydroxylation is 1. The number of thiol groups is 1. The van der Waals surface area contributed by atoms with Gasteiger partial charge in [-0.3, -0.25) is 4.79 Å². The highest BCUT2D eigenvalue weighted by atomic mass is 32.2. The van der Waals surface area contributed by atoms with Crippen LogP contribution in [0.2, 0.25) is 0 Å². The zero-order valence-corrected chi connectivity index (χ0v) is 17.1. The summed E-state index contributed by atoms with van der Waals surface area (Å²) in [4.78, 5) is 26.3. The molecule has 0 fully saturated rings. The molecule has 0 atom stereocenters. The fraction of sp³-hybridized carbons (Fsp3) is 0.0435. The topological polar surface area (TPSA) is 67.5 Å². The summed E-state index contributed by atoms with van der Waals surface area (Å²) >= 11 is 5.49. The number of hydrogen-bond acceptors (Lipinski definition) is 6. The molecule has 4 nitrogen and oxygen atoms in total. The van der Waals surface area contributed by atoms with Crippen LogP contribution in [0.3, 0.4) is 0 Å². The lowest BCUT2D eigenvalue weighted by Gasteiger charge is -2.02. The third-order valence-corrected chi connectivity index (χ3v) is 6.03. The van der Waals surface area contributed by atoms with Crippen LogP contribution >= 0.6 is 24.4 Å². The number of carbonyl (C=O) groups excluding carboxylic acids is 1. The van der Waals surface area contributed by atoms with Gasteiger partial charge in [-0.25, -0.2) is 4.79 Å². The second kappa shape index (κ2) is 7.81. The van der Waals surface area contributed by atoms with Crippen LogP contribution in [0.1, 0.15) is 15.9 Å². The van der Waals surface area contributed by atoms with E-state index in [4.69, 9.17) is 4.42 Å². The minimum Gasteiger partial charge on any atom is -0.508 e. The summed E-state index contributed by atoms with van der Waals surface area (Å²) < 4.78 is 5.50. The van der Waals surface area contributed by atoms with Crippen molar-refractivity contribution in [2.75, 3.05) is 0 Å². The molecule has 0 radical (unpaired) electrons. The highest BCUT2D eigenvalue weighted by molar-refractivity contribution is 8.14. The van der Waals surface area contributed by atoms with Crippen LogP contribution in [0, 0.1) is 6.92 Å². The van der Waals surface area contributed by atoms with Crippen molar-refractivity contribution in [3.8, 4) is 28.2 Å². The minimum absolute atomic E-state index is 0.0939. The Labute approximate surface area is 177 Å². The molecule has 1 aliphatic heterocycles. The zero-order valence-electron chi connectivity index (χ0n) is 15.4. The third kappa shape index (κ3) is 3.95. The molecule has 0 amide bonds. The lowest BCUT2D eigenvalue weighted by molar-refractivity contribution is 0.108. The van der Waals surface area contributed by atoms with Gasteiger partial charge in [0.25, 0.3) is 0 Å². The van der Waals surface area contributed by atoms with Crippen molar-refractivity contribution in [3.05, 3.63) is 88.3 Å². The van der Waals surface area contributed by atoms with E-state index in [9.17, 15) is 14.7 Å². The van der Waals surface area contributed by atoms with Gasteiger partial charge in [0, 0.05) is 20.9 Å². The molecular formula is C23H16O4S2. The second-order valence-corrected chi connectivity index (χ2v) is 8.07. The summed E-state index contributed by atoms with van der Waals surface area (Å²) in [5.41, 5.74) is 3.07. The molecule has 1 heterocycles. The highest BCUT2D eigenvalue weighted by Gasteiger charge is 2.20. The predicted octanol–water partition coefficient (Wildman–Crippen LogP) is 5.65. The maximum absolute atomic E-state index is 12.6. The first kappa shape index (κ1) is 19.4. The van der Waals surface area contributed by atoms with Gasteiger partial charge in [-0.05, 0) is 66.7 Å². The van der Waals surface area contributed by atoms with Gasteiger partial charge in [-0.2, -0.15) is 0 Å². The van der Waals surface area contributed by atoms with Crippen molar-refractivity contribution in [1.82, 2.24) is 0 Å². The summed E-state index contributed by atoms with van der Waals surface area (Å²) in [5.74, 6) is 0.489. The number of aromatic hydroxyl groups is 1. The Hall–Kier alpha value is -2.96. The van der Waals surface area contributed by atoms with Crippen LogP contribution in [0.25, 0.3) is 22.5 Å². The average Bonchev–Trinajstić information content (AvgIpc) is 2.93. The van der Waals surface area contributed by atoms with Crippen LogP contribution in [0.15, 0.2) is 85.7 Å². The van der Waals surface area contributed by atoms with E-state index >= 15 is 0 Å². The molecule has 29 heavy (non-hydrogen) atoms. The summed E-state index contributed by atoms with van der Waals surface area (Å²) in [6.07, 6.45) is 0. The molecule has 1 N–H and O–H groups in total. The van der Waals surface area contributed by atoms with Crippen LogP contribution in [0.4, 0.5) is 0 Å². The van der Waals surface area contributed by atoms with Crippen molar-refractivity contribution < 1.29 is 14.3 Å². The molecule has 2 aliphatic rings. The molecule has 2 aromatic rings. The Balaban J connectivity index is 1.74. The molecule has 6 heteroatoms. The summed E-state index contributed by atoms with van der Waals surface area (Å²) in [6.45, 7) is 1.98. The number of hydrogen-bond donors (Lipinski definition) is 2. The first-order valence-corrected chi connectivity index (χ1v) is 10.1. The van der Waals surface area contributed by atoms with E-state index in [0.29, 0.717) is 32.2 Å². The van der Waals surface area contributed by atoms with Gasteiger partial charge >= 0.3 is 5.63 Å². The minimum atomic E-state index is -0.420. The Morgan fingerprint density at radius 3 is 2.38 bits per heavy atom. The van der Waals surface area contributed by atoms with E-state index in [1.807, 2.05) is 31.2 Å². The van der Waals surface area contributed by atoms with Crippen LogP contribution in [0.5, 0.6) is 5.75 Å². The second-order valence-electron chi connectivity index (χ2n) is 6.57. The lowest BCUT2D eigenvalue weighted by atomic mass is 10.0. The molecule has 0 saturated carbocycles. The quantitative estimate of drug-likeness (QED) is 0.331. The first-order chi connectivity index (χ1) is 13.9.